The zero-order valence-electron chi connectivity index (χ0n) is 8.88. The number of ether oxygens (including phenoxy) is 1. The van der Waals surface area contributed by atoms with Crippen LogP contribution in [0.2, 0.25) is 5.02 Å². The van der Waals surface area contributed by atoms with Gasteiger partial charge >= 0.3 is 0 Å². The number of halogens is 3. The van der Waals surface area contributed by atoms with Gasteiger partial charge in [0.2, 0.25) is 0 Å². The second-order valence-electron chi connectivity index (χ2n) is 3.36. The molecule has 0 fully saturated rings. The predicted octanol–water partition coefficient (Wildman–Crippen LogP) is 4.71. The molecule has 0 bridgehead atoms. The fraction of sp³-hybridized carbons (Fsp3) is 0. The molecule has 2 aromatic rings. The molecule has 0 aliphatic rings. The molecule has 2 rings (SSSR count). The molecular weight excluding hydrogens is 321 g/mol. The third-order valence-electron chi connectivity index (χ3n) is 2.08. The molecule has 0 spiro atoms. The van der Waals surface area contributed by atoms with Crippen LogP contribution in [0.25, 0.3) is 0 Å². The number of nitriles is 1. The van der Waals surface area contributed by atoms with E-state index in [2.05, 4.69) is 22.0 Å². The van der Waals surface area contributed by atoms with Gasteiger partial charge in [-0.05, 0) is 30.3 Å². The number of hydrogen-bond donors (Lipinski definition) is 0. The number of nitrogens with zero attached hydrogens (tertiary/aromatic N) is 1. The van der Waals surface area contributed by atoms with Crippen LogP contribution in [-0.2, 0) is 0 Å². The molecule has 0 unspecified atom stereocenters. The van der Waals surface area contributed by atoms with Crippen LogP contribution in [0, 0.1) is 23.2 Å². The van der Waals surface area contributed by atoms with Gasteiger partial charge < -0.3 is 4.74 Å². The van der Waals surface area contributed by atoms with Crippen LogP contribution in [0.5, 0.6) is 11.5 Å². The van der Waals surface area contributed by atoms with Crippen LogP contribution < -0.4 is 4.74 Å². The Hall–Kier alpha value is -1.57. The first-order chi connectivity index (χ1) is 8.60. The van der Waals surface area contributed by atoms with E-state index in [1.54, 1.807) is 12.1 Å². The van der Waals surface area contributed by atoms with E-state index >= 15 is 0 Å². The summed E-state index contributed by atoms with van der Waals surface area (Å²) in [6.45, 7) is 0. The smallest absolute Gasteiger partial charge is 0.182 e. The Bertz CT molecular complexity index is 619. The zero-order chi connectivity index (χ0) is 13.1. The van der Waals surface area contributed by atoms with E-state index in [9.17, 15) is 4.39 Å². The second-order valence-corrected chi connectivity index (χ2v) is 4.68. The highest BCUT2D eigenvalue weighted by Gasteiger charge is 2.10. The highest BCUT2D eigenvalue weighted by molar-refractivity contribution is 9.10. The quantitative estimate of drug-likeness (QED) is 0.801. The van der Waals surface area contributed by atoms with E-state index in [0.717, 1.165) is 0 Å². The van der Waals surface area contributed by atoms with Crippen LogP contribution in [0.4, 0.5) is 4.39 Å². The molecule has 0 heterocycles. The minimum atomic E-state index is -0.680. The molecule has 1 radical (unpaired) electrons. The third kappa shape index (κ3) is 2.81. The van der Waals surface area contributed by atoms with Gasteiger partial charge in [-0.1, -0.05) is 27.5 Å². The average molecular weight is 326 g/mol. The Balaban J connectivity index is 2.40. The fourth-order valence-corrected chi connectivity index (χ4v) is 1.99. The van der Waals surface area contributed by atoms with Crippen LogP contribution in [0.15, 0.2) is 34.8 Å². The normalized spacial score (nSPS) is 9.89. The largest absolute Gasteiger partial charge is 0.453 e. The van der Waals surface area contributed by atoms with Gasteiger partial charge in [-0.3, -0.25) is 0 Å². The van der Waals surface area contributed by atoms with Crippen molar-refractivity contribution in [3.63, 3.8) is 0 Å². The van der Waals surface area contributed by atoms with Crippen molar-refractivity contribution in [2.75, 3.05) is 0 Å². The van der Waals surface area contributed by atoms with Crippen molar-refractivity contribution < 1.29 is 9.13 Å². The summed E-state index contributed by atoms with van der Waals surface area (Å²) in [5, 5.41) is 8.97. The van der Waals surface area contributed by atoms with Crippen molar-refractivity contribution in [2.24, 2.45) is 0 Å². The highest BCUT2D eigenvalue weighted by Crippen LogP contribution is 2.33. The van der Waals surface area contributed by atoms with Gasteiger partial charge in [0.1, 0.15) is 5.75 Å². The first-order valence-corrected chi connectivity index (χ1v) is 6.01. The van der Waals surface area contributed by atoms with E-state index in [0.29, 0.717) is 15.8 Å². The molecule has 0 N–H and O–H groups in total. The van der Waals surface area contributed by atoms with Gasteiger partial charge in [-0.25, -0.2) is 4.39 Å². The van der Waals surface area contributed by atoms with Crippen LogP contribution in [0.1, 0.15) is 5.56 Å². The summed E-state index contributed by atoms with van der Waals surface area (Å²) >= 11 is 9.07. The molecular formula is C13H5BrClFNO. The topological polar surface area (TPSA) is 33.0 Å². The van der Waals surface area contributed by atoms with E-state index in [1.165, 1.54) is 18.2 Å². The molecule has 0 amide bonds. The Morgan fingerprint density at radius 1 is 1.39 bits per heavy atom. The molecule has 2 nitrogen and oxygen atoms in total. The summed E-state index contributed by atoms with van der Waals surface area (Å²) in [7, 11) is 0. The predicted molar refractivity (Wildman–Crippen MR) is 69.2 cm³/mol. The summed E-state index contributed by atoms with van der Waals surface area (Å²) in [4.78, 5) is 0. The SMILES string of the molecule is N#Cc1cc(Br)cc(Oc2c(F)[c]ccc2Cl)c1. The Kier molecular flexibility index (Phi) is 3.85. The first kappa shape index (κ1) is 12.9. The van der Waals surface area contributed by atoms with Gasteiger partial charge in [0, 0.05) is 10.5 Å². The fourth-order valence-electron chi connectivity index (χ4n) is 1.33. The number of benzene rings is 2. The van der Waals surface area contributed by atoms with Crippen molar-refractivity contribution in [3.05, 3.63) is 57.3 Å². The second kappa shape index (κ2) is 5.38. The van der Waals surface area contributed by atoms with Crippen LogP contribution in [0.3, 0.4) is 0 Å². The zero-order valence-corrected chi connectivity index (χ0v) is 11.2. The van der Waals surface area contributed by atoms with Crippen molar-refractivity contribution >= 4 is 27.5 Å². The molecule has 89 valence electrons. The maximum Gasteiger partial charge on any atom is 0.182 e. The average Bonchev–Trinajstić information content (AvgIpc) is 2.33. The molecule has 0 aliphatic carbocycles. The van der Waals surface area contributed by atoms with Gasteiger partial charge in [-0.2, -0.15) is 5.26 Å². The lowest BCUT2D eigenvalue weighted by Gasteiger charge is -2.08. The lowest BCUT2D eigenvalue weighted by atomic mass is 10.2. The van der Waals surface area contributed by atoms with Crippen molar-refractivity contribution in [2.45, 2.75) is 0 Å². The van der Waals surface area contributed by atoms with Gasteiger partial charge in [-0.15, -0.1) is 0 Å². The number of rotatable bonds is 2. The first-order valence-electron chi connectivity index (χ1n) is 4.84. The maximum absolute atomic E-state index is 13.5. The molecule has 0 saturated carbocycles. The summed E-state index contributed by atoms with van der Waals surface area (Å²) in [6.07, 6.45) is 0. The molecule has 0 saturated heterocycles. The van der Waals surface area contributed by atoms with Crippen molar-refractivity contribution in [3.8, 4) is 17.6 Å². The minimum Gasteiger partial charge on any atom is -0.453 e. The summed E-state index contributed by atoms with van der Waals surface area (Å²) in [6, 6.07) is 11.9. The Morgan fingerprint density at radius 2 is 2.17 bits per heavy atom. The lowest BCUT2D eigenvalue weighted by molar-refractivity contribution is 0.441. The molecule has 0 aromatic heterocycles. The van der Waals surface area contributed by atoms with Gasteiger partial charge in [0.25, 0.3) is 0 Å². The summed E-state index contributed by atoms with van der Waals surface area (Å²) in [5.41, 5.74) is 0.399. The number of hydrogen-bond acceptors (Lipinski definition) is 2. The summed E-state index contributed by atoms with van der Waals surface area (Å²) in [5.74, 6) is -0.469. The minimum absolute atomic E-state index is 0.110. The molecule has 5 heteroatoms. The van der Waals surface area contributed by atoms with E-state index < -0.39 is 5.82 Å². The highest BCUT2D eigenvalue weighted by atomic mass is 79.9. The molecule has 0 aliphatic heterocycles. The van der Waals surface area contributed by atoms with Crippen LogP contribution in [-0.4, -0.2) is 0 Å². The van der Waals surface area contributed by atoms with Gasteiger partial charge in [0.05, 0.1) is 16.7 Å². The lowest BCUT2D eigenvalue weighted by Crippen LogP contribution is -1.90. The van der Waals surface area contributed by atoms with E-state index in [1.807, 2.05) is 6.07 Å². The Morgan fingerprint density at radius 3 is 2.83 bits per heavy atom. The Labute approximate surface area is 117 Å². The van der Waals surface area contributed by atoms with E-state index in [4.69, 9.17) is 21.6 Å². The monoisotopic (exact) mass is 324 g/mol. The summed E-state index contributed by atoms with van der Waals surface area (Å²) < 4.78 is 19.5. The van der Waals surface area contributed by atoms with Crippen LogP contribution >= 0.6 is 27.5 Å². The third-order valence-corrected chi connectivity index (χ3v) is 2.83. The molecule has 2 aromatic carbocycles. The molecule has 0 atom stereocenters. The van der Waals surface area contributed by atoms with Crippen molar-refractivity contribution in [1.82, 2.24) is 0 Å². The van der Waals surface area contributed by atoms with E-state index in [-0.39, 0.29) is 10.8 Å². The van der Waals surface area contributed by atoms with Gasteiger partial charge in [0.15, 0.2) is 11.6 Å². The standard InChI is InChI=1S/C13H5BrClFNO/c14-9-4-8(7-17)5-10(6-9)18-13-11(15)2-1-3-12(13)16/h1-2,4-6H. The molecule has 18 heavy (non-hydrogen) atoms. The maximum atomic E-state index is 13.5. The van der Waals surface area contributed by atoms with Crippen molar-refractivity contribution in [1.29, 1.82) is 5.26 Å².